The molecule has 30 heavy (non-hydrogen) atoms. The van der Waals surface area contributed by atoms with E-state index in [1.165, 1.54) is 36.4 Å². The zero-order valence-corrected chi connectivity index (χ0v) is 15.4. The predicted molar refractivity (Wildman–Crippen MR) is 104 cm³/mol. The molecule has 3 aromatic carbocycles. The number of amides is 1. The van der Waals surface area contributed by atoms with Gasteiger partial charge in [-0.15, -0.1) is 0 Å². The minimum absolute atomic E-state index is 0.0800. The second kappa shape index (κ2) is 8.28. The summed E-state index contributed by atoms with van der Waals surface area (Å²) in [4.78, 5) is 23.5. The minimum atomic E-state index is -4.46. The number of phenolic OH excluding ortho intramolecular Hbond substituents is 1. The van der Waals surface area contributed by atoms with Gasteiger partial charge in [-0.05, 0) is 47.0 Å². The van der Waals surface area contributed by atoms with Crippen molar-refractivity contribution in [3.8, 4) is 16.9 Å². The van der Waals surface area contributed by atoms with Gasteiger partial charge in [0.25, 0.3) is 5.91 Å². The number of carbonyl (C=O) groups excluding carboxylic acids is 1. The van der Waals surface area contributed by atoms with E-state index < -0.39 is 23.6 Å². The summed E-state index contributed by atoms with van der Waals surface area (Å²) in [6, 6.07) is 14.9. The monoisotopic (exact) mass is 415 g/mol. The van der Waals surface area contributed by atoms with Crippen LogP contribution in [0.2, 0.25) is 0 Å². The molecule has 0 saturated heterocycles. The second-order valence-electron chi connectivity index (χ2n) is 6.50. The van der Waals surface area contributed by atoms with E-state index in [9.17, 15) is 27.9 Å². The molecule has 0 atom stereocenters. The van der Waals surface area contributed by atoms with Crippen LogP contribution in [0.25, 0.3) is 11.1 Å². The summed E-state index contributed by atoms with van der Waals surface area (Å²) < 4.78 is 38.4. The van der Waals surface area contributed by atoms with E-state index in [2.05, 4.69) is 5.32 Å². The van der Waals surface area contributed by atoms with Gasteiger partial charge in [-0.2, -0.15) is 13.2 Å². The summed E-state index contributed by atoms with van der Waals surface area (Å²) in [5, 5.41) is 21.4. The van der Waals surface area contributed by atoms with Crippen LogP contribution in [0.4, 0.5) is 18.9 Å². The summed E-state index contributed by atoms with van der Waals surface area (Å²) >= 11 is 0. The Morgan fingerprint density at radius 3 is 2.20 bits per heavy atom. The third kappa shape index (κ3) is 4.78. The molecule has 154 valence electrons. The number of phenols is 1. The maximum atomic E-state index is 12.8. The van der Waals surface area contributed by atoms with E-state index in [-0.39, 0.29) is 23.4 Å². The summed E-state index contributed by atoms with van der Waals surface area (Å²) in [6.07, 6.45) is -4.74. The quantitative estimate of drug-likeness (QED) is 0.514. The largest absolute Gasteiger partial charge is 0.506 e. The lowest BCUT2D eigenvalue weighted by Gasteiger charge is -2.13. The number of aromatic hydroxyl groups is 1. The van der Waals surface area contributed by atoms with Crippen molar-refractivity contribution in [1.82, 2.24) is 0 Å². The van der Waals surface area contributed by atoms with Crippen molar-refractivity contribution in [2.45, 2.75) is 12.6 Å². The lowest BCUT2D eigenvalue weighted by Crippen LogP contribution is -2.13. The Morgan fingerprint density at radius 2 is 1.60 bits per heavy atom. The number of anilines is 1. The van der Waals surface area contributed by atoms with Gasteiger partial charge in [0.2, 0.25) is 0 Å². The Kier molecular flexibility index (Phi) is 5.77. The number of carboxylic acid groups (broad SMARTS) is 1. The van der Waals surface area contributed by atoms with E-state index in [0.29, 0.717) is 16.7 Å². The van der Waals surface area contributed by atoms with Gasteiger partial charge >= 0.3 is 12.1 Å². The van der Waals surface area contributed by atoms with E-state index >= 15 is 0 Å². The van der Waals surface area contributed by atoms with Gasteiger partial charge in [0.1, 0.15) is 5.75 Å². The standard InChI is InChI=1S/C22H16F3NO4/c23-22(24,25)15-8-6-14(7-9-15)16-3-1-2-4-17(16)21(30)26-18-10-5-13(11-19(18)27)12-20(28)29/h1-11,27H,12H2,(H,26,30)(H,28,29). The maximum Gasteiger partial charge on any atom is 0.416 e. The van der Waals surface area contributed by atoms with Crippen molar-refractivity contribution < 1.29 is 33.0 Å². The third-order valence-corrected chi connectivity index (χ3v) is 4.36. The van der Waals surface area contributed by atoms with Gasteiger partial charge in [0.05, 0.1) is 17.7 Å². The molecule has 0 fully saturated rings. The fourth-order valence-corrected chi connectivity index (χ4v) is 2.93. The number of carbonyl (C=O) groups is 2. The van der Waals surface area contributed by atoms with Crippen LogP contribution >= 0.6 is 0 Å². The van der Waals surface area contributed by atoms with Gasteiger partial charge in [0, 0.05) is 5.56 Å². The van der Waals surface area contributed by atoms with E-state index in [1.54, 1.807) is 18.2 Å². The molecule has 0 aromatic heterocycles. The third-order valence-electron chi connectivity index (χ3n) is 4.36. The lowest BCUT2D eigenvalue weighted by molar-refractivity contribution is -0.138. The number of benzene rings is 3. The fraction of sp³-hybridized carbons (Fsp3) is 0.0909. The zero-order valence-electron chi connectivity index (χ0n) is 15.4. The summed E-state index contributed by atoms with van der Waals surface area (Å²) in [7, 11) is 0. The molecular formula is C22H16F3NO4. The van der Waals surface area contributed by atoms with Crippen LogP contribution in [0.3, 0.4) is 0 Å². The van der Waals surface area contributed by atoms with Crippen molar-refractivity contribution in [3.63, 3.8) is 0 Å². The molecule has 0 aliphatic carbocycles. The molecule has 0 aliphatic heterocycles. The Hall–Kier alpha value is -3.81. The SMILES string of the molecule is O=C(O)Cc1ccc(NC(=O)c2ccccc2-c2ccc(C(F)(F)F)cc2)c(O)c1. The Labute approximate surface area is 169 Å². The number of rotatable bonds is 5. The first-order valence-electron chi connectivity index (χ1n) is 8.77. The van der Waals surface area contributed by atoms with Gasteiger partial charge in [-0.1, -0.05) is 36.4 Å². The highest BCUT2D eigenvalue weighted by Gasteiger charge is 2.30. The van der Waals surface area contributed by atoms with E-state index in [1.807, 2.05) is 0 Å². The van der Waals surface area contributed by atoms with Gasteiger partial charge in [0.15, 0.2) is 0 Å². The maximum absolute atomic E-state index is 12.8. The summed E-state index contributed by atoms with van der Waals surface area (Å²) in [5.74, 6) is -1.93. The topological polar surface area (TPSA) is 86.6 Å². The fourth-order valence-electron chi connectivity index (χ4n) is 2.93. The van der Waals surface area contributed by atoms with Crippen LogP contribution in [0.1, 0.15) is 21.5 Å². The molecule has 3 rings (SSSR count). The number of nitrogens with one attached hydrogen (secondary N) is 1. The van der Waals surface area contributed by atoms with Crippen LogP contribution in [0.5, 0.6) is 5.75 Å². The molecule has 0 bridgehead atoms. The smallest absolute Gasteiger partial charge is 0.416 e. The molecule has 8 heteroatoms. The van der Waals surface area contributed by atoms with Gasteiger partial charge in [-0.25, -0.2) is 0 Å². The van der Waals surface area contributed by atoms with E-state index in [4.69, 9.17) is 5.11 Å². The van der Waals surface area contributed by atoms with Crippen LogP contribution in [0, 0.1) is 0 Å². The molecule has 0 radical (unpaired) electrons. The minimum Gasteiger partial charge on any atom is -0.506 e. The van der Waals surface area contributed by atoms with Crippen LogP contribution in [-0.2, 0) is 17.4 Å². The molecule has 0 aliphatic rings. The average Bonchev–Trinajstić information content (AvgIpc) is 2.69. The van der Waals surface area contributed by atoms with Crippen molar-refractivity contribution in [3.05, 3.63) is 83.4 Å². The van der Waals surface area contributed by atoms with Crippen LogP contribution in [0.15, 0.2) is 66.7 Å². The Bertz CT molecular complexity index is 1090. The first-order valence-corrected chi connectivity index (χ1v) is 8.77. The van der Waals surface area contributed by atoms with Crippen molar-refractivity contribution in [2.75, 3.05) is 5.32 Å². The first-order chi connectivity index (χ1) is 14.1. The van der Waals surface area contributed by atoms with Gasteiger partial charge in [-0.3, -0.25) is 9.59 Å². The lowest BCUT2D eigenvalue weighted by atomic mass is 9.98. The average molecular weight is 415 g/mol. The molecule has 1 amide bonds. The second-order valence-corrected chi connectivity index (χ2v) is 6.50. The number of aliphatic carboxylic acids is 1. The molecule has 0 spiro atoms. The van der Waals surface area contributed by atoms with E-state index in [0.717, 1.165) is 12.1 Å². The number of hydrogen-bond donors (Lipinski definition) is 3. The highest BCUT2D eigenvalue weighted by Crippen LogP contribution is 2.32. The Balaban J connectivity index is 1.87. The zero-order chi connectivity index (χ0) is 21.9. The van der Waals surface area contributed by atoms with Crippen LogP contribution < -0.4 is 5.32 Å². The highest BCUT2D eigenvalue weighted by molar-refractivity contribution is 6.09. The number of halogens is 3. The Morgan fingerprint density at radius 1 is 0.933 bits per heavy atom. The molecule has 3 aromatic rings. The molecule has 0 heterocycles. The molecule has 3 N–H and O–H groups in total. The number of hydrogen-bond acceptors (Lipinski definition) is 3. The summed E-state index contributed by atoms with van der Waals surface area (Å²) in [6.45, 7) is 0. The first kappa shape index (κ1) is 20.9. The number of carboxylic acids is 1. The predicted octanol–water partition coefficient (Wildman–Crippen LogP) is 4.96. The van der Waals surface area contributed by atoms with Crippen molar-refractivity contribution in [1.29, 1.82) is 0 Å². The normalized spacial score (nSPS) is 11.2. The van der Waals surface area contributed by atoms with Crippen LogP contribution in [-0.4, -0.2) is 22.1 Å². The molecule has 0 unspecified atom stereocenters. The van der Waals surface area contributed by atoms with Gasteiger partial charge < -0.3 is 15.5 Å². The molecular weight excluding hydrogens is 399 g/mol. The molecule has 5 nitrogen and oxygen atoms in total. The van der Waals surface area contributed by atoms with Crippen molar-refractivity contribution in [2.24, 2.45) is 0 Å². The summed E-state index contributed by atoms with van der Waals surface area (Å²) in [5.41, 5.74) is 0.700. The highest BCUT2D eigenvalue weighted by atomic mass is 19.4. The molecule has 0 saturated carbocycles. The van der Waals surface area contributed by atoms with Crippen molar-refractivity contribution >= 4 is 17.6 Å². The number of alkyl halides is 3.